The molecular formula is C19H21FN2OS. The summed E-state index contributed by atoms with van der Waals surface area (Å²) in [6.45, 7) is 3.57. The lowest BCUT2D eigenvalue weighted by Gasteiger charge is -2.40. The van der Waals surface area contributed by atoms with Crippen molar-refractivity contribution in [3.05, 3.63) is 57.5 Å². The molecule has 1 aromatic carbocycles. The maximum Gasteiger partial charge on any atom is 0.256 e. The third-order valence-electron chi connectivity index (χ3n) is 5.21. The minimum atomic E-state index is -0.425. The second kappa shape index (κ2) is 6.65. The van der Waals surface area contributed by atoms with E-state index in [4.69, 9.17) is 0 Å². The molecule has 0 saturated carbocycles. The van der Waals surface area contributed by atoms with Gasteiger partial charge in [-0.25, -0.2) is 4.39 Å². The molecule has 2 aromatic rings. The van der Waals surface area contributed by atoms with Crippen LogP contribution in [-0.2, 0) is 13.0 Å². The van der Waals surface area contributed by atoms with Gasteiger partial charge in [-0.15, -0.1) is 11.3 Å². The normalized spacial score (nSPS) is 19.3. The summed E-state index contributed by atoms with van der Waals surface area (Å²) in [6, 6.07) is 9.03. The molecule has 4 rings (SSSR count). The van der Waals surface area contributed by atoms with Gasteiger partial charge >= 0.3 is 0 Å². The zero-order chi connectivity index (χ0) is 16.5. The Labute approximate surface area is 145 Å². The van der Waals surface area contributed by atoms with Crippen LogP contribution < -0.4 is 0 Å². The summed E-state index contributed by atoms with van der Waals surface area (Å²) in [5.74, 6) is -0.601. The predicted octanol–water partition coefficient (Wildman–Crippen LogP) is 3.55. The van der Waals surface area contributed by atoms with Crippen LogP contribution in [0.1, 0.15) is 33.6 Å². The first-order valence-corrected chi connectivity index (χ1v) is 9.43. The fraction of sp³-hybridized carbons (Fsp3) is 0.421. The number of fused-ring (bicyclic) bond motifs is 1. The molecule has 2 aliphatic heterocycles. The molecule has 1 amide bonds. The molecular weight excluding hydrogens is 323 g/mol. The highest BCUT2D eigenvalue weighted by Crippen LogP contribution is 2.28. The minimum absolute atomic E-state index is 0.176. The highest BCUT2D eigenvalue weighted by molar-refractivity contribution is 7.10. The van der Waals surface area contributed by atoms with Crippen molar-refractivity contribution in [3.63, 3.8) is 0 Å². The Balaban J connectivity index is 1.37. The summed E-state index contributed by atoms with van der Waals surface area (Å²) in [7, 11) is 0. The second-order valence-electron chi connectivity index (χ2n) is 6.59. The van der Waals surface area contributed by atoms with Crippen LogP contribution in [0, 0.1) is 5.82 Å². The molecule has 1 aromatic heterocycles. The molecule has 1 fully saturated rings. The number of thiophene rings is 1. The lowest BCUT2D eigenvalue weighted by molar-refractivity contribution is 0.0596. The SMILES string of the molecule is O=C(c1ccccc1F)N1CCC(N2CCc3sccc3C2)CC1. The highest BCUT2D eigenvalue weighted by atomic mass is 32.1. The van der Waals surface area contributed by atoms with E-state index in [0.717, 1.165) is 32.4 Å². The zero-order valence-electron chi connectivity index (χ0n) is 13.6. The van der Waals surface area contributed by atoms with E-state index in [1.54, 1.807) is 23.1 Å². The molecule has 126 valence electrons. The van der Waals surface area contributed by atoms with E-state index in [-0.39, 0.29) is 11.5 Å². The van der Waals surface area contributed by atoms with Gasteiger partial charge in [0, 0.05) is 37.1 Å². The Morgan fingerprint density at radius 1 is 1.12 bits per heavy atom. The Kier molecular flexibility index (Phi) is 4.37. The van der Waals surface area contributed by atoms with Crippen LogP contribution in [0.15, 0.2) is 35.7 Å². The molecule has 0 aliphatic carbocycles. The molecule has 24 heavy (non-hydrogen) atoms. The average Bonchev–Trinajstić information content (AvgIpc) is 3.09. The number of carbonyl (C=O) groups is 1. The van der Waals surface area contributed by atoms with Crippen molar-refractivity contribution in [3.8, 4) is 0 Å². The van der Waals surface area contributed by atoms with Crippen molar-refractivity contribution in [1.82, 2.24) is 9.80 Å². The standard InChI is InChI=1S/C19H21FN2OS/c20-17-4-2-1-3-16(17)19(23)21-9-5-15(6-10-21)22-11-7-18-14(13-22)8-12-24-18/h1-4,8,12,15H,5-7,9-11,13H2. The number of carbonyl (C=O) groups excluding carboxylic acids is 1. The minimum Gasteiger partial charge on any atom is -0.338 e. The summed E-state index contributed by atoms with van der Waals surface area (Å²) in [5, 5.41) is 2.18. The number of amides is 1. The van der Waals surface area contributed by atoms with Gasteiger partial charge in [-0.05, 0) is 48.4 Å². The fourth-order valence-corrected chi connectivity index (χ4v) is 4.71. The van der Waals surface area contributed by atoms with E-state index in [0.29, 0.717) is 19.1 Å². The van der Waals surface area contributed by atoms with Gasteiger partial charge in [0.15, 0.2) is 0 Å². The van der Waals surface area contributed by atoms with Crippen LogP contribution in [-0.4, -0.2) is 41.4 Å². The Morgan fingerprint density at radius 2 is 1.92 bits per heavy atom. The fourth-order valence-electron chi connectivity index (χ4n) is 3.82. The van der Waals surface area contributed by atoms with E-state index in [1.807, 2.05) is 11.3 Å². The third kappa shape index (κ3) is 2.98. The molecule has 2 aliphatic rings. The third-order valence-corrected chi connectivity index (χ3v) is 6.23. The molecule has 0 N–H and O–H groups in total. The number of benzene rings is 1. The van der Waals surface area contributed by atoms with Crippen LogP contribution in [0.4, 0.5) is 4.39 Å². The predicted molar refractivity (Wildman–Crippen MR) is 93.8 cm³/mol. The van der Waals surface area contributed by atoms with E-state index < -0.39 is 5.82 Å². The molecule has 3 nitrogen and oxygen atoms in total. The van der Waals surface area contributed by atoms with Crippen molar-refractivity contribution >= 4 is 17.2 Å². The van der Waals surface area contributed by atoms with E-state index in [1.165, 1.54) is 16.5 Å². The Bertz CT molecular complexity index is 736. The quantitative estimate of drug-likeness (QED) is 0.832. The van der Waals surface area contributed by atoms with Gasteiger partial charge < -0.3 is 4.90 Å². The number of piperidine rings is 1. The van der Waals surface area contributed by atoms with E-state index >= 15 is 0 Å². The van der Waals surface area contributed by atoms with Crippen molar-refractivity contribution in [2.24, 2.45) is 0 Å². The van der Waals surface area contributed by atoms with Crippen LogP contribution >= 0.6 is 11.3 Å². The maximum absolute atomic E-state index is 13.8. The first-order valence-electron chi connectivity index (χ1n) is 8.55. The maximum atomic E-state index is 13.8. The number of hydrogen-bond acceptors (Lipinski definition) is 3. The molecule has 0 unspecified atom stereocenters. The van der Waals surface area contributed by atoms with Crippen molar-refractivity contribution < 1.29 is 9.18 Å². The molecule has 0 atom stereocenters. The van der Waals surface area contributed by atoms with Crippen LogP contribution in [0.2, 0.25) is 0 Å². The van der Waals surface area contributed by atoms with Gasteiger partial charge in [0.2, 0.25) is 0 Å². The van der Waals surface area contributed by atoms with Gasteiger partial charge in [0.25, 0.3) is 5.91 Å². The van der Waals surface area contributed by atoms with Gasteiger partial charge in [0.05, 0.1) is 5.56 Å². The summed E-state index contributed by atoms with van der Waals surface area (Å²) in [4.78, 5) is 18.4. The lowest BCUT2D eigenvalue weighted by atomic mass is 9.99. The first-order chi connectivity index (χ1) is 11.7. The molecule has 3 heterocycles. The molecule has 0 radical (unpaired) electrons. The van der Waals surface area contributed by atoms with Crippen molar-refractivity contribution in [1.29, 1.82) is 0 Å². The Morgan fingerprint density at radius 3 is 2.71 bits per heavy atom. The van der Waals surface area contributed by atoms with Crippen LogP contribution in [0.5, 0.6) is 0 Å². The largest absolute Gasteiger partial charge is 0.338 e. The number of likely N-dealkylation sites (tertiary alicyclic amines) is 1. The number of hydrogen-bond donors (Lipinski definition) is 0. The first kappa shape index (κ1) is 15.8. The van der Waals surface area contributed by atoms with Crippen molar-refractivity contribution in [2.75, 3.05) is 19.6 Å². The molecule has 1 saturated heterocycles. The van der Waals surface area contributed by atoms with E-state index in [2.05, 4.69) is 16.3 Å². The average molecular weight is 344 g/mol. The monoisotopic (exact) mass is 344 g/mol. The lowest BCUT2D eigenvalue weighted by Crippen LogP contribution is -2.48. The molecule has 5 heteroatoms. The second-order valence-corrected chi connectivity index (χ2v) is 7.59. The van der Waals surface area contributed by atoms with Gasteiger partial charge in [-0.2, -0.15) is 0 Å². The summed E-state index contributed by atoms with van der Waals surface area (Å²) < 4.78 is 13.8. The topological polar surface area (TPSA) is 23.6 Å². The number of nitrogens with zero attached hydrogens (tertiary/aromatic N) is 2. The molecule has 0 spiro atoms. The Hall–Kier alpha value is -1.72. The zero-order valence-corrected chi connectivity index (χ0v) is 14.4. The summed E-state index contributed by atoms with van der Waals surface area (Å²) in [5.41, 5.74) is 1.66. The van der Waals surface area contributed by atoms with Crippen LogP contribution in [0.25, 0.3) is 0 Å². The number of halogens is 1. The summed E-state index contributed by atoms with van der Waals surface area (Å²) >= 11 is 1.86. The van der Waals surface area contributed by atoms with Gasteiger partial charge in [-0.3, -0.25) is 9.69 Å². The van der Waals surface area contributed by atoms with Crippen molar-refractivity contribution in [2.45, 2.75) is 31.8 Å². The van der Waals surface area contributed by atoms with Gasteiger partial charge in [-0.1, -0.05) is 12.1 Å². The van der Waals surface area contributed by atoms with Gasteiger partial charge in [0.1, 0.15) is 5.82 Å². The molecule has 0 bridgehead atoms. The smallest absolute Gasteiger partial charge is 0.256 e. The number of rotatable bonds is 2. The van der Waals surface area contributed by atoms with Crippen LogP contribution in [0.3, 0.4) is 0 Å². The van der Waals surface area contributed by atoms with E-state index in [9.17, 15) is 9.18 Å². The summed E-state index contributed by atoms with van der Waals surface area (Å²) in [6.07, 6.45) is 3.08. The highest BCUT2D eigenvalue weighted by Gasteiger charge is 2.30.